The van der Waals surface area contributed by atoms with Gasteiger partial charge in [0, 0.05) is 50.2 Å². The fraction of sp³-hybridized carbons (Fsp3) is 0.625. The van der Waals surface area contributed by atoms with Gasteiger partial charge >= 0.3 is 0 Å². The largest absolute Gasteiger partial charge is 0.388 e. The van der Waals surface area contributed by atoms with Gasteiger partial charge in [-0.05, 0) is 47.6 Å². The number of anilines is 1. The molecule has 5 heteroatoms. The Balaban J connectivity index is 2.10. The summed E-state index contributed by atoms with van der Waals surface area (Å²) in [6.45, 7) is 4.04. The van der Waals surface area contributed by atoms with E-state index in [0.29, 0.717) is 38.6 Å². The second-order valence-electron chi connectivity index (χ2n) is 5.91. The van der Waals surface area contributed by atoms with Crippen LogP contribution < -0.4 is 10.2 Å². The Morgan fingerprint density at radius 3 is 2.67 bits per heavy atom. The van der Waals surface area contributed by atoms with Crippen LogP contribution in [0.2, 0.25) is 0 Å². The van der Waals surface area contributed by atoms with E-state index < -0.39 is 5.60 Å². The van der Waals surface area contributed by atoms with E-state index >= 15 is 0 Å². The van der Waals surface area contributed by atoms with E-state index in [-0.39, 0.29) is 0 Å². The van der Waals surface area contributed by atoms with E-state index in [4.69, 9.17) is 4.74 Å². The predicted molar refractivity (Wildman–Crippen MR) is 89.9 cm³/mol. The van der Waals surface area contributed by atoms with Crippen molar-refractivity contribution in [1.82, 2.24) is 5.32 Å². The van der Waals surface area contributed by atoms with Crippen LogP contribution >= 0.6 is 15.9 Å². The van der Waals surface area contributed by atoms with Crippen molar-refractivity contribution >= 4 is 21.6 Å². The molecule has 118 valence electrons. The maximum absolute atomic E-state index is 10.6. The molecule has 1 heterocycles. The fourth-order valence-corrected chi connectivity index (χ4v) is 3.40. The number of nitrogens with zero attached hydrogens (tertiary/aromatic N) is 1. The lowest BCUT2D eigenvalue weighted by Crippen LogP contribution is -2.45. The molecule has 1 atom stereocenters. The summed E-state index contributed by atoms with van der Waals surface area (Å²) in [7, 11) is 3.98. The zero-order valence-corrected chi connectivity index (χ0v) is 14.6. The van der Waals surface area contributed by atoms with Crippen LogP contribution in [0.1, 0.15) is 31.4 Å². The standard InChI is InChI=1S/C16H25BrN2O2/c1-12(18-2)13-4-5-15(14(17)10-13)19(3)11-16(20)6-8-21-9-7-16/h4-5,10,12,18,20H,6-9,11H2,1-3H3. The van der Waals surface area contributed by atoms with E-state index in [9.17, 15) is 5.11 Å². The van der Waals surface area contributed by atoms with Gasteiger partial charge in [0.2, 0.25) is 0 Å². The lowest BCUT2D eigenvalue weighted by molar-refractivity contribution is -0.0572. The molecule has 2 N–H and O–H groups in total. The van der Waals surface area contributed by atoms with Crippen molar-refractivity contribution in [2.24, 2.45) is 0 Å². The van der Waals surface area contributed by atoms with E-state index in [1.54, 1.807) is 0 Å². The molecule has 1 aliphatic heterocycles. The van der Waals surface area contributed by atoms with E-state index in [1.165, 1.54) is 5.56 Å². The summed E-state index contributed by atoms with van der Waals surface area (Å²) >= 11 is 3.65. The molecule has 0 spiro atoms. The molecule has 1 unspecified atom stereocenters. The minimum atomic E-state index is -0.649. The van der Waals surface area contributed by atoms with Gasteiger partial charge in [-0.15, -0.1) is 0 Å². The highest BCUT2D eigenvalue weighted by Gasteiger charge is 2.31. The Morgan fingerprint density at radius 2 is 2.10 bits per heavy atom. The average Bonchev–Trinajstić information content (AvgIpc) is 2.46. The molecule has 0 amide bonds. The van der Waals surface area contributed by atoms with Crippen LogP contribution in [0.5, 0.6) is 0 Å². The number of rotatable bonds is 5. The summed E-state index contributed by atoms with van der Waals surface area (Å²) in [4.78, 5) is 2.11. The molecule has 0 radical (unpaired) electrons. The Morgan fingerprint density at radius 1 is 1.43 bits per heavy atom. The molecule has 0 aliphatic carbocycles. The van der Waals surface area contributed by atoms with Crippen molar-refractivity contribution in [2.45, 2.75) is 31.4 Å². The fourth-order valence-electron chi connectivity index (χ4n) is 2.70. The quantitative estimate of drug-likeness (QED) is 0.851. The van der Waals surface area contributed by atoms with E-state index in [2.05, 4.69) is 51.3 Å². The third-order valence-corrected chi connectivity index (χ3v) is 4.91. The number of likely N-dealkylation sites (N-methyl/N-ethyl adjacent to an activating group) is 1. The first-order chi connectivity index (χ1) is 9.95. The summed E-state index contributed by atoms with van der Waals surface area (Å²) in [5.41, 5.74) is 1.69. The van der Waals surface area contributed by atoms with Crippen molar-refractivity contribution < 1.29 is 9.84 Å². The molecule has 2 rings (SSSR count). The number of halogens is 1. The van der Waals surface area contributed by atoms with Gasteiger partial charge < -0.3 is 20.1 Å². The van der Waals surface area contributed by atoms with Gasteiger partial charge in [0.25, 0.3) is 0 Å². The van der Waals surface area contributed by atoms with Gasteiger partial charge in [0.15, 0.2) is 0 Å². The van der Waals surface area contributed by atoms with Crippen molar-refractivity contribution in [3.8, 4) is 0 Å². The maximum Gasteiger partial charge on any atom is 0.0865 e. The first-order valence-corrected chi connectivity index (χ1v) is 8.22. The monoisotopic (exact) mass is 356 g/mol. The van der Waals surface area contributed by atoms with Crippen LogP contribution in [0.15, 0.2) is 22.7 Å². The van der Waals surface area contributed by atoms with E-state index in [1.807, 2.05) is 14.1 Å². The van der Waals surface area contributed by atoms with Crippen LogP contribution in [-0.2, 0) is 4.74 Å². The molecule has 0 bridgehead atoms. The Hall–Kier alpha value is -0.620. The highest BCUT2D eigenvalue weighted by Crippen LogP contribution is 2.31. The topological polar surface area (TPSA) is 44.7 Å². The summed E-state index contributed by atoms with van der Waals surface area (Å²) in [5, 5.41) is 13.9. The van der Waals surface area contributed by atoms with Crippen molar-refractivity contribution in [1.29, 1.82) is 0 Å². The van der Waals surface area contributed by atoms with Gasteiger partial charge in [-0.3, -0.25) is 0 Å². The molecule has 1 aromatic rings. The molecule has 1 fully saturated rings. The molecule has 0 aromatic heterocycles. The highest BCUT2D eigenvalue weighted by molar-refractivity contribution is 9.10. The van der Waals surface area contributed by atoms with Gasteiger partial charge in [-0.1, -0.05) is 6.07 Å². The van der Waals surface area contributed by atoms with Crippen LogP contribution in [0.25, 0.3) is 0 Å². The molecule has 0 saturated carbocycles. The van der Waals surface area contributed by atoms with Crippen molar-refractivity contribution in [3.05, 3.63) is 28.2 Å². The van der Waals surface area contributed by atoms with Gasteiger partial charge in [0.1, 0.15) is 0 Å². The van der Waals surface area contributed by atoms with Crippen molar-refractivity contribution in [2.75, 3.05) is 38.8 Å². The Kier molecular flexibility index (Phi) is 5.66. The normalized spacial score (nSPS) is 19.3. The van der Waals surface area contributed by atoms with Crippen molar-refractivity contribution in [3.63, 3.8) is 0 Å². The third kappa shape index (κ3) is 4.19. The van der Waals surface area contributed by atoms with Crippen LogP contribution in [0, 0.1) is 0 Å². The summed E-state index contributed by atoms with van der Waals surface area (Å²) in [6, 6.07) is 6.70. The van der Waals surface area contributed by atoms with Gasteiger partial charge in [-0.2, -0.15) is 0 Å². The second-order valence-corrected chi connectivity index (χ2v) is 6.77. The second kappa shape index (κ2) is 7.09. The highest BCUT2D eigenvalue weighted by atomic mass is 79.9. The minimum Gasteiger partial charge on any atom is -0.388 e. The predicted octanol–water partition coefficient (Wildman–Crippen LogP) is 2.71. The number of hydrogen-bond donors (Lipinski definition) is 2. The zero-order valence-electron chi connectivity index (χ0n) is 13.0. The average molecular weight is 357 g/mol. The molecule has 1 saturated heterocycles. The first kappa shape index (κ1) is 16.7. The third-order valence-electron chi connectivity index (χ3n) is 4.27. The Bertz CT molecular complexity index is 475. The van der Waals surface area contributed by atoms with Crippen LogP contribution in [0.3, 0.4) is 0 Å². The molecule has 4 nitrogen and oxygen atoms in total. The number of nitrogens with one attached hydrogen (secondary N) is 1. The van der Waals surface area contributed by atoms with Crippen LogP contribution in [0.4, 0.5) is 5.69 Å². The van der Waals surface area contributed by atoms with Crippen LogP contribution in [-0.4, -0.2) is 44.6 Å². The molecule has 1 aromatic carbocycles. The zero-order chi connectivity index (χ0) is 15.5. The Labute approximate surface area is 135 Å². The summed E-state index contributed by atoms with van der Waals surface area (Å²) in [6.07, 6.45) is 1.40. The maximum atomic E-state index is 10.6. The number of benzene rings is 1. The smallest absolute Gasteiger partial charge is 0.0865 e. The van der Waals surface area contributed by atoms with Gasteiger partial charge in [0.05, 0.1) is 11.3 Å². The summed E-state index contributed by atoms with van der Waals surface area (Å²) < 4.78 is 6.39. The minimum absolute atomic E-state index is 0.320. The lowest BCUT2D eigenvalue weighted by atomic mass is 9.93. The SMILES string of the molecule is CNC(C)c1ccc(N(C)CC2(O)CCOCC2)c(Br)c1. The van der Waals surface area contributed by atoms with E-state index in [0.717, 1.165) is 10.2 Å². The first-order valence-electron chi connectivity index (χ1n) is 7.43. The molecule has 21 heavy (non-hydrogen) atoms. The molecular weight excluding hydrogens is 332 g/mol. The lowest BCUT2D eigenvalue weighted by Gasteiger charge is -2.36. The number of ether oxygens (including phenoxy) is 1. The number of aliphatic hydroxyl groups is 1. The summed E-state index contributed by atoms with van der Waals surface area (Å²) in [5.74, 6) is 0. The molecular formula is C16H25BrN2O2. The number of hydrogen-bond acceptors (Lipinski definition) is 4. The van der Waals surface area contributed by atoms with Gasteiger partial charge in [-0.25, -0.2) is 0 Å². The molecule has 1 aliphatic rings.